The Morgan fingerprint density at radius 1 is 1.57 bits per heavy atom. The number of carbonyl (C=O) groups excluding carboxylic acids is 1. The molecule has 3 atom stereocenters. The fraction of sp³-hybridized carbons (Fsp3) is 0.462. The summed E-state index contributed by atoms with van der Waals surface area (Å²) < 4.78 is 45.0. The largest absolute Gasteiger partial charge is 0.466 e. The maximum absolute atomic E-state index is 13.4. The number of aliphatic hydroxyl groups is 1. The number of thiocarbonyl (C=S) groups is 1. The SMILES string of the molecule is CCOC(=O)[C@H]1[C@@H](c2cccnc2)NC(=S)N[C@]1(O)C(F)(F)F. The lowest BCUT2D eigenvalue weighted by molar-refractivity contribution is -0.292. The van der Waals surface area contributed by atoms with Crippen LogP contribution in [0, 0.1) is 5.92 Å². The number of pyridine rings is 1. The lowest BCUT2D eigenvalue weighted by atomic mass is 9.82. The Bertz CT molecular complexity index is 599. The number of nitrogens with zero attached hydrogens (tertiary/aromatic N) is 1. The lowest BCUT2D eigenvalue weighted by Crippen LogP contribution is -2.73. The van der Waals surface area contributed by atoms with Crippen LogP contribution in [0.2, 0.25) is 0 Å². The fourth-order valence-electron chi connectivity index (χ4n) is 2.37. The summed E-state index contributed by atoms with van der Waals surface area (Å²) in [5.74, 6) is -3.21. The van der Waals surface area contributed by atoms with Gasteiger partial charge in [0.2, 0.25) is 0 Å². The molecular formula is C13H14F3N3O3S. The molecule has 1 aromatic rings. The molecule has 126 valence electrons. The molecule has 0 saturated carbocycles. The number of ether oxygens (including phenoxy) is 1. The Kier molecular flexibility index (Phi) is 4.76. The van der Waals surface area contributed by atoms with Crippen molar-refractivity contribution in [2.45, 2.75) is 24.9 Å². The third-order valence-electron chi connectivity index (χ3n) is 3.39. The number of rotatable bonds is 3. The summed E-state index contributed by atoms with van der Waals surface area (Å²) in [6.07, 6.45) is -2.44. The van der Waals surface area contributed by atoms with Crippen molar-refractivity contribution in [3.05, 3.63) is 30.1 Å². The van der Waals surface area contributed by atoms with Crippen LogP contribution in [0.1, 0.15) is 18.5 Å². The number of carbonyl (C=O) groups is 1. The van der Waals surface area contributed by atoms with E-state index in [1.165, 1.54) is 31.5 Å². The molecule has 6 nitrogen and oxygen atoms in total. The molecule has 10 heteroatoms. The van der Waals surface area contributed by atoms with Gasteiger partial charge in [0.15, 0.2) is 5.11 Å². The fourth-order valence-corrected chi connectivity index (χ4v) is 2.66. The van der Waals surface area contributed by atoms with Crippen molar-refractivity contribution in [3.8, 4) is 0 Å². The summed E-state index contributed by atoms with van der Waals surface area (Å²) in [4.78, 5) is 15.9. The molecule has 0 aromatic carbocycles. The predicted molar refractivity (Wildman–Crippen MR) is 77.0 cm³/mol. The first-order valence-electron chi connectivity index (χ1n) is 6.65. The van der Waals surface area contributed by atoms with E-state index < -0.39 is 34.9 Å². The van der Waals surface area contributed by atoms with E-state index >= 15 is 0 Å². The summed E-state index contributed by atoms with van der Waals surface area (Å²) in [6, 6.07) is 1.72. The molecule has 1 saturated heterocycles. The molecule has 0 aliphatic carbocycles. The Hall–Kier alpha value is -1.94. The van der Waals surface area contributed by atoms with Gasteiger partial charge in [0, 0.05) is 12.4 Å². The molecule has 0 spiro atoms. The number of hydrogen-bond donors (Lipinski definition) is 3. The van der Waals surface area contributed by atoms with Crippen molar-refractivity contribution < 1.29 is 27.8 Å². The van der Waals surface area contributed by atoms with Crippen LogP contribution in [0.25, 0.3) is 0 Å². The van der Waals surface area contributed by atoms with Crippen molar-refractivity contribution >= 4 is 23.3 Å². The molecule has 1 aliphatic heterocycles. The smallest absolute Gasteiger partial charge is 0.437 e. The van der Waals surface area contributed by atoms with Crippen LogP contribution >= 0.6 is 12.2 Å². The topological polar surface area (TPSA) is 83.5 Å². The van der Waals surface area contributed by atoms with Crippen LogP contribution in [0.3, 0.4) is 0 Å². The van der Waals surface area contributed by atoms with Crippen molar-refractivity contribution in [1.82, 2.24) is 15.6 Å². The monoisotopic (exact) mass is 349 g/mol. The molecule has 1 aromatic heterocycles. The van der Waals surface area contributed by atoms with Crippen molar-refractivity contribution in [1.29, 1.82) is 0 Å². The van der Waals surface area contributed by atoms with Gasteiger partial charge in [0.25, 0.3) is 5.72 Å². The molecule has 3 N–H and O–H groups in total. The van der Waals surface area contributed by atoms with Crippen molar-refractivity contribution in [3.63, 3.8) is 0 Å². The zero-order chi connectivity index (χ0) is 17.3. The highest BCUT2D eigenvalue weighted by atomic mass is 32.1. The van der Waals surface area contributed by atoms with Gasteiger partial charge in [-0.1, -0.05) is 6.07 Å². The summed E-state index contributed by atoms with van der Waals surface area (Å²) in [5.41, 5.74) is -3.29. The third-order valence-corrected chi connectivity index (χ3v) is 3.61. The van der Waals surface area contributed by atoms with Crippen molar-refractivity contribution in [2.75, 3.05) is 6.61 Å². The zero-order valence-corrected chi connectivity index (χ0v) is 12.7. The minimum atomic E-state index is -5.16. The maximum atomic E-state index is 13.4. The molecule has 0 radical (unpaired) electrons. The van der Waals surface area contributed by atoms with Gasteiger partial charge in [-0.25, -0.2) is 0 Å². The quantitative estimate of drug-likeness (QED) is 0.555. The number of nitrogens with one attached hydrogen (secondary N) is 2. The number of halogens is 3. The van der Waals surface area contributed by atoms with Gasteiger partial charge >= 0.3 is 12.1 Å². The van der Waals surface area contributed by atoms with Gasteiger partial charge in [0.1, 0.15) is 5.92 Å². The molecule has 23 heavy (non-hydrogen) atoms. The van der Waals surface area contributed by atoms with E-state index in [1.54, 1.807) is 5.32 Å². The van der Waals surface area contributed by atoms with Gasteiger partial charge < -0.3 is 20.5 Å². The second-order valence-corrected chi connectivity index (χ2v) is 5.26. The molecular weight excluding hydrogens is 335 g/mol. The highest BCUT2D eigenvalue weighted by molar-refractivity contribution is 7.80. The standard InChI is InChI=1S/C13H14F3N3O3S/c1-2-22-10(20)8-9(7-4-3-5-17-6-7)18-11(23)19-12(8,21)13(14,15)16/h3-6,8-9,21H,2H2,1H3,(H2,18,19,23)/t8-,9-,12-/m1/s1. The Balaban J connectivity index is 2.54. The Labute approximate surface area is 135 Å². The molecule has 2 heterocycles. The second-order valence-electron chi connectivity index (χ2n) is 4.86. The Morgan fingerprint density at radius 2 is 2.26 bits per heavy atom. The highest BCUT2D eigenvalue weighted by Crippen LogP contribution is 2.42. The van der Waals surface area contributed by atoms with E-state index in [2.05, 4.69) is 10.3 Å². The van der Waals surface area contributed by atoms with E-state index in [9.17, 15) is 23.1 Å². The number of hydrogen-bond acceptors (Lipinski definition) is 5. The van der Waals surface area contributed by atoms with E-state index in [-0.39, 0.29) is 12.2 Å². The third kappa shape index (κ3) is 3.22. The van der Waals surface area contributed by atoms with Crippen LogP contribution in [0.4, 0.5) is 13.2 Å². The van der Waals surface area contributed by atoms with Crippen LogP contribution < -0.4 is 10.6 Å². The molecule has 1 aliphatic rings. The van der Waals surface area contributed by atoms with Crippen LogP contribution in [-0.2, 0) is 9.53 Å². The van der Waals surface area contributed by atoms with E-state index in [1.807, 2.05) is 0 Å². The highest BCUT2D eigenvalue weighted by Gasteiger charge is 2.66. The van der Waals surface area contributed by atoms with Gasteiger partial charge in [-0.05, 0) is 30.8 Å². The first kappa shape index (κ1) is 17.4. The average molecular weight is 349 g/mol. The van der Waals surface area contributed by atoms with Gasteiger partial charge in [0.05, 0.1) is 12.6 Å². The van der Waals surface area contributed by atoms with Gasteiger partial charge in [-0.2, -0.15) is 13.2 Å². The predicted octanol–water partition coefficient (Wildman–Crippen LogP) is 1.03. The summed E-state index contributed by atoms with van der Waals surface area (Å²) in [7, 11) is 0. The molecule has 0 amide bonds. The Morgan fingerprint density at radius 3 is 2.78 bits per heavy atom. The maximum Gasteiger partial charge on any atom is 0.437 e. The first-order chi connectivity index (χ1) is 10.7. The minimum Gasteiger partial charge on any atom is -0.466 e. The molecule has 0 bridgehead atoms. The minimum absolute atomic E-state index is 0.131. The van der Waals surface area contributed by atoms with E-state index in [4.69, 9.17) is 17.0 Å². The summed E-state index contributed by atoms with van der Waals surface area (Å²) in [5, 5.41) is 14.1. The first-order valence-corrected chi connectivity index (χ1v) is 7.06. The summed E-state index contributed by atoms with van der Waals surface area (Å²) in [6.45, 7) is 1.32. The summed E-state index contributed by atoms with van der Waals surface area (Å²) >= 11 is 4.75. The van der Waals surface area contributed by atoms with Gasteiger partial charge in [-0.15, -0.1) is 0 Å². The number of esters is 1. The zero-order valence-electron chi connectivity index (χ0n) is 11.9. The van der Waals surface area contributed by atoms with Gasteiger partial charge in [-0.3, -0.25) is 9.78 Å². The molecule has 0 unspecified atom stereocenters. The van der Waals surface area contributed by atoms with Crippen molar-refractivity contribution in [2.24, 2.45) is 5.92 Å². The molecule has 2 rings (SSSR count). The number of aromatic nitrogens is 1. The van der Waals surface area contributed by atoms with Crippen LogP contribution in [-0.4, -0.2) is 39.7 Å². The molecule has 1 fully saturated rings. The van der Waals surface area contributed by atoms with E-state index in [0.717, 1.165) is 0 Å². The lowest BCUT2D eigenvalue weighted by Gasteiger charge is -2.45. The number of alkyl halides is 3. The average Bonchev–Trinajstić information content (AvgIpc) is 2.46. The van der Waals surface area contributed by atoms with Crippen LogP contribution in [0.15, 0.2) is 24.5 Å². The normalized spacial score (nSPS) is 27.8. The van der Waals surface area contributed by atoms with Crippen LogP contribution in [0.5, 0.6) is 0 Å². The van der Waals surface area contributed by atoms with E-state index in [0.29, 0.717) is 0 Å². The second kappa shape index (κ2) is 6.28.